The van der Waals surface area contributed by atoms with Crippen LogP contribution in [0.15, 0.2) is 60.8 Å². The number of hydrogen-bond donors (Lipinski definition) is 4. The summed E-state index contributed by atoms with van der Waals surface area (Å²) in [5, 5.41) is 14.5. The third-order valence-electron chi connectivity index (χ3n) is 11.3. The number of fused-ring (bicyclic) bond motifs is 2. The Kier molecular flexibility index (Phi) is 10.7. The molecule has 56 heavy (non-hydrogen) atoms. The first-order chi connectivity index (χ1) is 26.8. The highest BCUT2D eigenvalue weighted by molar-refractivity contribution is 5.92. The number of likely N-dealkylation sites (N-methyl/N-ethyl adjacent to an activating group) is 1. The highest BCUT2D eigenvalue weighted by Gasteiger charge is 2.40. The molecule has 2 saturated heterocycles. The van der Waals surface area contributed by atoms with Gasteiger partial charge in [-0.05, 0) is 83.7 Å². The Morgan fingerprint density at radius 3 is 2.11 bits per heavy atom. The molecule has 14 nitrogen and oxygen atoms in total. The highest BCUT2D eigenvalue weighted by atomic mass is 16.5. The van der Waals surface area contributed by atoms with Gasteiger partial charge in [-0.1, -0.05) is 58.0 Å². The molecule has 3 aromatic carbocycles. The number of likely N-dealkylation sites (tertiary alicyclic amines) is 2. The van der Waals surface area contributed by atoms with E-state index in [-0.39, 0.29) is 35.7 Å². The van der Waals surface area contributed by atoms with Crippen LogP contribution in [0.25, 0.3) is 44.2 Å². The lowest BCUT2D eigenvalue weighted by Crippen LogP contribution is -2.51. The van der Waals surface area contributed by atoms with Crippen molar-refractivity contribution in [2.24, 2.45) is 11.8 Å². The van der Waals surface area contributed by atoms with Crippen LogP contribution >= 0.6 is 0 Å². The Balaban J connectivity index is 1.11. The fraction of sp³-hybridized carbons (Fsp3) is 0.429. The number of benzene rings is 3. The van der Waals surface area contributed by atoms with E-state index in [1.54, 1.807) is 4.90 Å². The molecule has 4 heterocycles. The molecular weight excluding hydrogens is 713 g/mol. The number of nitrogens with one attached hydrogen (secondary N) is 3. The van der Waals surface area contributed by atoms with Crippen molar-refractivity contribution in [3.05, 3.63) is 72.4 Å². The molecule has 294 valence electrons. The number of carbonyl (C=O) groups excluding carboxylic acids is 3. The molecule has 1 unspecified atom stereocenters. The van der Waals surface area contributed by atoms with E-state index in [2.05, 4.69) is 57.7 Å². The third kappa shape index (κ3) is 7.39. The van der Waals surface area contributed by atoms with E-state index < -0.39 is 24.3 Å². The first kappa shape index (κ1) is 38.4. The van der Waals surface area contributed by atoms with Crippen molar-refractivity contribution in [2.45, 2.75) is 77.5 Å². The van der Waals surface area contributed by atoms with Gasteiger partial charge in [0.25, 0.3) is 0 Å². The van der Waals surface area contributed by atoms with Crippen molar-refractivity contribution >= 4 is 45.8 Å². The van der Waals surface area contributed by atoms with Gasteiger partial charge in [0.2, 0.25) is 11.8 Å². The lowest BCUT2D eigenvalue weighted by Gasteiger charge is -2.33. The van der Waals surface area contributed by atoms with E-state index in [1.807, 2.05) is 50.9 Å². The zero-order valence-electron chi connectivity index (χ0n) is 32.7. The van der Waals surface area contributed by atoms with Crippen molar-refractivity contribution in [1.29, 1.82) is 0 Å². The van der Waals surface area contributed by atoms with Gasteiger partial charge in [-0.3, -0.25) is 14.5 Å². The van der Waals surface area contributed by atoms with Gasteiger partial charge in [-0.25, -0.2) is 19.6 Å². The molecule has 4 N–H and O–H groups in total. The highest BCUT2D eigenvalue weighted by Crippen LogP contribution is 2.36. The van der Waals surface area contributed by atoms with Crippen LogP contribution in [0.4, 0.5) is 9.59 Å². The average molecular weight is 763 g/mol. The molecule has 14 heteroatoms. The number of methoxy groups -OCH3 is 1. The number of aromatic nitrogens is 4. The van der Waals surface area contributed by atoms with Crippen LogP contribution in [0.1, 0.15) is 77.1 Å². The second-order valence-corrected chi connectivity index (χ2v) is 15.6. The molecule has 4 amide bonds. The van der Waals surface area contributed by atoms with E-state index in [1.165, 1.54) is 14.2 Å². The Bertz CT molecular complexity index is 2280. The number of carbonyl (C=O) groups is 4. The summed E-state index contributed by atoms with van der Waals surface area (Å²) in [6.45, 7) is 8.66. The van der Waals surface area contributed by atoms with E-state index in [0.29, 0.717) is 18.9 Å². The van der Waals surface area contributed by atoms with Crippen molar-refractivity contribution in [2.75, 3.05) is 27.2 Å². The molecule has 0 aliphatic carbocycles. The maximum Gasteiger partial charge on any atom is 0.407 e. The second kappa shape index (κ2) is 15.7. The summed E-state index contributed by atoms with van der Waals surface area (Å²) in [7, 11) is 2.74. The average Bonchev–Trinajstić information content (AvgIpc) is 4.01. The zero-order chi connectivity index (χ0) is 39.8. The standard InChI is InChI=1S/C42H50N8O6/c1-23(2)35(47-41(53)56-6)39(51)49-17-8-10-34(49)38-44-30-16-15-27(21-31(30)45-38)26-13-11-25-12-14-28(20-29(25)19-26)32-22-43-37(46-32)33-9-7-18-50(33)40(52)36(24(3)4)48(5)42(54)55/h11-16,19-24,33-36H,7-10,17-18H2,1-6H3,(H,43,46)(H,44,45)(H,47,53)(H,54,55)/t33-,34?,35-,36-/m0/s1. The number of aromatic amines is 2. The zero-order valence-corrected chi connectivity index (χ0v) is 32.7. The molecule has 4 atom stereocenters. The van der Waals surface area contributed by atoms with Crippen molar-refractivity contribution in [3.8, 4) is 22.4 Å². The molecule has 2 aromatic heterocycles. The van der Waals surface area contributed by atoms with Crippen molar-refractivity contribution in [1.82, 2.24) is 40.0 Å². The van der Waals surface area contributed by atoms with Gasteiger partial charge in [0.05, 0.1) is 35.9 Å². The number of hydrogen-bond acceptors (Lipinski definition) is 7. The van der Waals surface area contributed by atoms with Crippen LogP contribution in [0.3, 0.4) is 0 Å². The van der Waals surface area contributed by atoms with E-state index >= 15 is 0 Å². The molecule has 2 fully saturated rings. The second-order valence-electron chi connectivity index (χ2n) is 15.6. The molecular formula is C42H50N8O6. The fourth-order valence-electron chi connectivity index (χ4n) is 8.30. The Morgan fingerprint density at radius 1 is 0.821 bits per heavy atom. The van der Waals surface area contributed by atoms with Gasteiger partial charge in [-0.15, -0.1) is 0 Å². The van der Waals surface area contributed by atoms with Crippen LogP contribution in [0.2, 0.25) is 0 Å². The predicted molar refractivity (Wildman–Crippen MR) is 213 cm³/mol. The number of ether oxygens (including phenoxy) is 1. The first-order valence-electron chi connectivity index (χ1n) is 19.3. The van der Waals surface area contributed by atoms with Gasteiger partial charge >= 0.3 is 12.2 Å². The Labute approximate surface area is 325 Å². The summed E-state index contributed by atoms with van der Waals surface area (Å²) in [6, 6.07) is 16.8. The normalized spacial score (nSPS) is 18.2. The Hall–Kier alpha value is -5.92. The topological polar surface area (TPSA) is 177 Å². The van der Waals surface area contributed by atoms with E-state index in [0.717, 1.165) is 80.6 Å². The molecule has 0 bridgehead atoms. The summed E-state index contributed by atoms with van der Waals surface area (Å²) in [5.41, 5.74) is 5.41. The maximum atomic E-state index is 13.7. The smallest absolute Gasteiger partial charge is 0.407 e. The SMILES string of the molecule is COC(=O)N[C@H](C(=O)N1CCCC1c1nc2cc(-c3ccc4ccc(-c5c[nH]c([C@@H]6CCCN6C(=O)[C@H](C(C)C)N(C)C(=O)O)n5)cc4c3)ccc2[nH]1)C(C)C. The number of nitrogens with zero attached hydrogens (tertiary/aromatic N) is 5. The maximum absolute atomic E-state index is 13.7. The van der Waals surface area contributed by atoms with Gasteiger partial charge in [0.1, 0.15) is 23.7 Å². The van der Waals surface area contributed by atoms with Crippen LogP contribution in [0.5, 0.6) is 0 Å². The fourth-order valence-corrected chi connectivity index (χ4v) is 8.30. The minimum absolute atomic E-state index is 0.116. The van der Waals surface area contributed by atoms with Gasteiger partial charge < -0.3 is 34.9 Å². The first-order valence-corrected chi connectivity index (χ1v) is 19.3. The van der Waals surface area contributed by atoms with Crippen LogP contribution < -0.4 is 5.32 Å². The quantitative estimate of drug-likeness (QED) is 0.116. The summed E-state index contributed by atoms with van der Waals surface area (Å²) in [6.07, 6.45) is 3.27. The number of alkyl carbamates (subject to hydrolysis) is 1. The van der Waals surface area contributed by atoms with Crippen LogP contribution in [0, 0.1) is 11.8 Å². The molecule has 2 aliphatic rings. The van der Waals surface area contributed by atoms with Gasteiger partial charge in [0, 0.05) is 31.9 Å². The van der Waals surface area contributed by atoms with Crippen molar-refractivity contribution in [3.63, 3.8) is 0 Å². The predicted octanol–water partition coefficient (Wildman–Crippen LogP) is 7.12. The summed E-state index contributed by atoms with van der Waals surface area (Å²) in [4.78, 5) is 72.5. The number of H-pyrrole nitrogens is 2. The summed E-state index contributed by atoms with van der Waals surface area (Å²) >= 11 is 0. The van der Waals surface area contributed by atoms with Crippen LogP contribution in [-0.4, -0.2) is 103 Å². The van der Waals surface area contributed by atoms with Gasteiger partial charge in [-0.2, -0.15) is 0 Å². The number of rotatable bonds is 10. The number of imidazole rings is 2. The molecule has 7 rings (SSSR count). The minimum Gasteiger partial charge on any atom is -0.465 e. The third-order valence-corrected chi connectivity index (χ3v) is 11.3. The summed E-state index contributed by atoms with van der Waals surface area (Å²) < 4.78 is 4.77. The summed E-state index contributed by atoms with van der Waals surface area (Å²) in [5.74, 6) is 0.770. The molecule has 0 spiro atoms. The molecule has 0 radical (unpaired) electrons. The monoisotopic (exact) mass is 762 g/mol. The number of amides is 4. The van der Waals surface area contributed by atoms with Crippen molar-refractivity contribution < 1.29 is 29.0 Å². The minimum atomic E-state index is -1.13. The van der Waals surface area contributed by atoms with Gasteiger partial charge in [0.15, 0.2) is 0 Å². The molecule has 0 saturated carbocycles. The Morgan fingerprint density at radius 2 is 1.45 bits per heavy atom. The molecule has 2 aliphatic heterocycles. The molecule has 5 aromatic rings. The largest absolute Gasteiger partial charge is 0.465 e. The lowest BCUT2D eigenvalue weighted by atomic mass is 9.99. The van der Waals surface area contributed by atoms with E-state index in [4.69, 9.17) is 14.7 Å². The number of carboxylic acid groups (broad SMARTS) is 1. The lowest BCUT2D eigenvalue weighted by molar-refractivity contribution is -0.138. The van der Waals surface area contributed by atoms with Crippen LogP contribution in [-0.2, 0) is 14.3 Å². The van der Waals surface area contributed by atoms with E-state index in [9.17, 15) is 24.3 Å².